The number of halogens is 2. The maximum atomic E-state index is 13.2. The second kappa shape index (κ2) is 10.8. The molecule has 3 fully saturated rings. The van der Waals surface area contributed by atoms with Crippen molar-refractivity contribution in [1.82, 2.24) is 9.80 Å². The zero-order chi connectivity index (χ0) is 27.0. The predicted molar refractivity (Wildman–Crippen MR) is 134 cm³/mol. The molecule has 2 N–H and O–H groups in total. The average Bonchev–Trinajstić information content (AvgIpc) is 3.41. The monoisotopic (exact) mass is 546 g/mol. The summed E-state index contributed by atoms with van der Waals surface area (Å²) in [5.74, 6) is -1.70. The predicted octanol–water partition coefficient (Wildman–Crippen LogP) is 3.12. The van der Waals surface area contributed by atoms with Gasteiger partial charge in [0.25, 0.3) is 11.8 Å². The number of fused-ring (bicyclic) bond motifs is 2. The van der Waals surface area contributed by atoms with Crippen molar-refractivity contribution in [2.75, 3.05) is 13.2 Å². The van der Waals surface area contributed by atoms with Crippen LogP contribution in [0.4, 0.5) is 4.39 Å². The van der Waals surface area contributed by atoms with Crippen LogP contribution in [0, 0.1) is 5.82 Å². The Balaban J connectivity index is 1.24. The molecule has 1 unspecified atom stereocenters. The zero-order valence-electron chi connectivity index (χ0n) is 20.5. The van der Waals surface area contributed by atoms with E-state index in [1.165, 1.54) is 30.3 Å². The van der Waals surface area contributed by atoms with Crippen LogP contribution in [0.25, 0.3) is 0 Å². The number of carbonyl (C=O) groups excluding carboxylic acids is 2. The van der Waals surface area contributed by atoms with Crippen LogP contribution >= 0.6 is 11.6 Å². The molecule has 3 heterocycles. The quantitative estimate of drug-likeness (QED) is 0.548. The lowest BCUT2D eigenvalue weighted by molar-refractivity contribution is -0.141. The molecule has 0 spiro atoms. The van der Waals surface area contributed by atoms with Gasteiger partial charge in [-0.05, 0) is 55.3 Å². The number of amides is 2. The van der Waals surface area contributed by atoms with Crippen molar-refractivity contribution in [3.05, 3.63) is 58.9 Å². The molecular weight excluding hydrogens is 519 g/mol. The Kier molecular flexibility index (Phi) is 7.45. The van der Waals surface area contributed by atoms with Crippen LogP contribution in [-0.4, -0.2) is 81.3 Å². The number of benzene rings is 2. The van der Waals surface area contributed by atoms with E-state index in [1.54, 1.807) is 12.1 Å². The number of rotatable bonds is 7. The molecule has 0 saturated carbocycles. The normalized spacial score (nSPS) is 26.3. The molecule has 0 aromatic heterocycles. The number of likely N-dealkylation sites (tertiary alicyclic amines) is 1. The van der Waals surface area contributed by atoms with Crippen molar-refractivity contribution >= 4 is 29.4 Å². The Hall–Kier alpha value is -3.37. The Bertz CT molecular complexity index is 1210. The van der Waals surface area contributed by atoms with Gasteiger partial charge in [-0.3, -0.25) is 9.59 Å². The first-order valence-corrected chi connectivity index (χ1v) is 12.9. The fraction of sp³-hybridized carbons (Fsp3) is 0.444. The van der Waals surface area contributed by atoms with Crippen LogP contribution < -0.4 is 9.47 Å². The molecule has 2 amide bonds. The van der Waals surface area contributed by atoms with Gasteiger partial charge in [-0.15, -0.1) is 0 Å². The zero-order valence-corrected chi connectivity index (χ0v) is 21.2. The molecule has 11 heteroatoms. The second-order valence-electron chi connectivity index (χ2n) is 9.98. The number of hydrogen-bond acceptors (Lipinski definition) is 6. The van der Waals surface area contributed by atoms with Gasteiger partial charge in [0, 0.05) is 42.9 Å². The van der Waals surface area contributed by atoms with Gasteiger partial charge in [0.05, 0.1) is 11.7 Å². The molecule has 2 aromatic rings. The fourth-order valence-electron chi connectivity index (χ4n) is 5.77. The highest BCUT2D eigenvalue weighted by atomic mass is 35.5. The number of carboxylic acid groups (broad SMARTS) is 1. The van der Waals surface area contributed by atoms with Gasteiger partial charge in [0.2, 0.25) is 0 Å². The highest BCUT2D eigenvalue weighted by Crippen LogP contribution is 2.38. The first kappa shape index (κ1) is 26.2. The van der Waals surface area contributed by atoms with Crippen molar-refractivity contribution in [3.8, 4) is 11.5 Å². The van der Waals surface area contributed by atoms with Crippen molar-refractivity contribution in [3.63, 3.8) is 0 Å². The summed E-state index contributed by atoms with van der Waals surface area (Å²) < 4.78 is 25.0. The molecule has 5 atom stereocenters. The molecule has 9 nitrogen and oxygen atoms in total. The summed E-state index contributed by atoms with van der Waals surface area (Å²) in [6, 6.07) is 9.07. The van der Waals surface area contributed by atoms with E-state index in [-0.39, 0.29) is 65.8 Å². The third-order valence-electron chi connectivity index (χ3n) is 7.44. The summed E-state index contributed by atoms with van der Waals surface area (Å²) in [6.45, 7) is -0.428. The maximum absolute atomic E-state index is 13.2. The lowest BCUT2D eigenvalue weighted by Gasteiger charge is -2.38. The Morgan fingerprint density at radius 1 is 1.03 bits per heavy atom. The van der Waals surface area contributed by atoms with Gasteiger partial charge in [0.15, 0.2) is 6.61 Å². The smallest absolute Gasteiger partial charge is 0.326 e. The number of piperidine rings is 1. The van der Waals surface area contributed by atoms with Crippen molar-refractivity contribution in [2.45, 2.75) is 62.4 Å². The first-order valence-electron chi connectivity index (χ1n) is 12.6. The van der Waals surface area contributed by atoms with Gasteiger partial charge in [-0.2, -0.15) is 0 Å². The number of β-amino-alcohol motifs (C(OH)–C–C–N with tert-alkyl or cyclic N) is 1. The summed E-state index contributed by atoms with van der Waals surface area (Å²) >= 11 is 6.11. The minimum absolute atomic E-state index is 0.0102. The van der Waals surface area contributed by atoms with E-state index in [1.807, 2.05) is 4.90 Å². The van der Waals surface area contributed by atoms with Crippen molar-refractivity contribution < 1.29 is 38.5 Å². The number of ether oxygens (including phenoxy) is 2. The molecule has 0 radical (unpaired) electrons. The second-order valence-corrected chi connectivity index (χ2v) is 10.4. The molecule has 38 heavy (non-hydrogen) atoms. The van der Waals surface area contributed by atoms with Crippen LogP contribution in [0.5, 0.6) is 11.5 Å². The SMILES string of the molecule is O=C(O)[C@@H]1C[C@H](O)CN1C(=O)c1cc(Cl)ccc1OCC(=O)N1[C@@H]2CC[C@H]1CC(Oc1ccc(F)cc1)C2. The van der Waals surface area contributed by atoms with E-state index in [2.05, 4.69) is 0 Å². The van der Waals surface area contributed by atoms with Gasteiger partial charge >= 0.3 is 5.97 Å². The molecule has 5 rings (SSSR count). The van der Waals surface area contributed by atoms with E-state index >= 15 is 0 Å². The third-order valence-corrected chi connectivity index (χ3v) is 7.68. The van der Waals surface area contributed by atoms with E-state index < -0.39 is 24.0 Å². The number of nitrogens with zero attached hydrogens (tertiary/aromatic N) is 2. The van der Waals surface area contributed by atoms with Gasteiger partial charge in [-0.1, -0.05) is 11.6 Å². The van der Waals surface area contributed by atoms with E-state index in [4.69, 9.17) is 21.1 Å². The number of carboxylic acids is 1. The molecule has 3 saturated heterocycles. The van der Waals surface area contributed by atoms with Crippen LogP contribution in [0.15, 0.2) is 42.5 Å². The van der Waals surface area contributed by atoms with Gasteiger partial charge < -0.3 is 29.5 Å². The summed E-state index contributed by atoms with van der Waals surface area (Å²) in [5.41, 5.74) is 0.0278. The Morgan fingerprint density at radius 2 is 1.71 bits per heavy atom. The van der Waals surface area contributed by atoms with Gasteiger partial charge in [0.1, 0.15) is 29.5 Å². The number of aliphatic hydroxyl groups excluding tert-OH is 1. The van der Waals surface area contributed by atoms with E-state index in [0.717, 1.165) is 17.7 Å². The summed E-state index contributed by atoms with van der Waals surface area (Å²) in [4.78, 5) is 41.0. The van der Waals surface area contributed by atoms with Crippen molar-refractivity contribution in [1.29, 1.82) is 0 Å². The highest BCUT2D eigenvalue weighted by Gasteiger charge is 2.44. The Labute approximate surface area is 223 Å². The lowest BCUT2D eigenvalue weighted by atomic mass is 9.99. The van der Waals surface area contributed by atoms with Crippen LogP contribution in [0.1, 0.15) is 42.5 Å². The highest BCUT2D eigenvalue weighted by molar-refractivity contribution is 6.31. The average molecular weight is 547 g/mol. The molecule has 3 aliphatic rings. The fourth-order valence-corrected chi connectivity index (χ4v) is 5.94. The first-order chi connectivity index (χ1) is 18.2. The van der Waals surface area contributed by atoms with Gasteiger partial charge in [-0.25, -0.2) is 9.18 Å². The van der Waals surface area contributed by atoms with Crippen LogP contribution in [-0.2, 0) is 9.59 Å². The summed E-state index contributed by atoms with van der Waals surface area (Å²) in [5, 5.41) is 19.7. The molecule has 2 bridgehead atoms. The topological polar surface area (TPSA) is 117 Å². The lowest BCUT2D eigenvalue weighted by Crippen LogP contribution is -2.50. The van der Waals surface area contributed by atoms with Crippen LogP contribution in [0.2, 0.25) is 5.02 Å². The van der Waals surface area contributed by atoms with E-state index in [0.29, 0.717) is 18.6 Å². The maximum Gasteiger partial charge on any atom is 0.326 e. The summed E-state index contributed by atoms with van der Waals surface area (Å²) in [7, 11) is 0. The number of carbonyl (C=O) groups is 3. The minimum Gasteiger partial charge on any atom is -0.490 e. The van der Waals surface area contributed by atoms with Crippen molar-refractivity contribution in [2.24, 2.45) is 0 Å². The number of aliphatic hydroxyl groups is 1. The third kappa shape index (κ3) is 5.42. The molecule has 0 aliphatic carbocycles. The largest absolute Gasteiger partial charge is 0.490 e. The number of hydrogen-bond donors (Lipinski definition) is 2. The van der Waals surface area contributed by atoms with E-state index in [9.17, 15) is 29.0 Å². The Morgan fingerprint density at radius 3 is 2.37 bits per heavy atom. The standard InChI is InChI=1S/C27H28ClFN2O7/c28-15-1-8-24(22(9-15)26(34)30-13-19(32)12-23(30)27(35)36)37-14-25(33)31-17-4-5-18(31)11-21(10-17)38-20-6-2-16(29)3-7-20/h1-3,6-9,17-19,21,23,32H,4-5,10-14H2,(H,35,36)/t17-,18+,19-,21?,23-/m0/s1. The van der Waals surface area contributed by atoms with Crippen LogP contribution in [0.3, 0.4) is 0 Å². The molecule has 202 valence electrons. The number of aliphatic carboxylic acids is 1. The molecule has 3 aliphatic heterocycles. The molecular formula is C27H28ClFN2O7. The summed E-state index contributed by atoms with van der Waals surface area (Å²) in [6.07, 6.45) is 1.89. The molecule has 2 aromatic carbocycles. The minimum atomic E-state index is -1.21.